The van der Waals surface area contributed by atoms with Crippen molar-refractivity contribution in [3.63, 3.8) is 0 Å². The normalized spacial score (nSPS) is 16.2. The van der Waals surface area contributed by atoms with Crippen LogP contribution in [0.4, 0.5) is 0 Å². The van der Waals surface area contributed by atoms with E-state index in [0.29, 0.717) is 56.6 Å². The second-order valence-electron chi connectivity index (χ2n) is 9.60. The SMILES string of the molecule is COC(C(=O)N1CCCNC(=O)c2cccc(c2)-c2cc(ccc2O)CCNC(=O)CCC1)c1ccccc1. The van der Waals surface area contributed by atoms with Crippen molar-refractivity contribution in [1.29, 1.82) is 0 Å². The molecule has 3 aromatic carbocycles. The first-order valence-electron chi connectivity index (χ1n) is 13.3. The highest BCUT2D eigenvalue weighted by atomic mass is 16.5. The van der Waals surface area contributed by atoms with E-state index < -0.39 is 6.10 Å². The Hall–Kier alpha value is -4.17. The molecular formula is C31H35N3O5. The lowest BCUT2D eigenvalue weighted by Crippen LogP contribution is -2.39. The number of rotatable bonds is 3. The topological polar surface area (TPSA) is 108 Å². The van der Waals surface area contributed by atoms with Crippen LogP contribution < -0.4 is 10.6 Å². The Balaban J connectivity index is 1.52. The molecule has 3 aromatic rings. The molecule has 1 unspecified atom stereocenters. The fraction of sp³-hybridized carbons (Fsp3) is 0.323. The Morgan fingerprint density at radius 1 is 0.872 bits per heavy atom. The number of phenolic OH excluding ortho intramolecular Hbond substituents is 1. The maximum absolute atomic E-state index is 13.5. The van der Waals surface area contributed by atoms with Crippen molar-refractivity contribution in [2.75, 3.05) is 33.3 Å². The maximum Gasteiger partial charge on any atom is 0.256 e. The molecule has 8 nitrogen and oxygen atoms in total. The number of ether oxygens (including phenoxy) is 1. The Kier molecular flexibility index (Phi) is 9.69. The number of carbonyl (C=O) groups is 3. The van der Waals surface area contributed by atoms with Gasteiger partial charge in [0.15, 0.2) is 6.10 Å². The van der Waals surface area contributed by atoms with Gasteiger partial charge >= 0.3 is 0 Å². The van der Waals surface area contributed by atoms with Crippen LogP contribution in [0.25, 0.3) is 11.1 Å². The molecule has 0 aromatic heterocycles. The van der Waals surface area contributed by atoms with E-state index in [1.165, 1.54) is 7.11 Å². The lowest BCUT2D eigenvalue weighted by Gasteiger charge is -2.27. The fourth-order valence-corrected chi connectivity index (χ4v) is 4.74. The summed E-state index contributed by atoms with van der Waals surface area (Å²) in [5, 5.41) is 16.4. The summed E-state index contributed by atoms with van der Waals surface area (Å²) in [5.74, 6) is -0.350. The first-order valence-corrected chi connectivity index (χ1v) is 13.3. The number of hydrogen-bond donors (Lipinski definition) is 3. The smallest absolute Gasteiger partial charge is 0.256 e. The molecule has 1 heterocycles. The van der Waals surface area contributed by atoms with Gasteiger partial charge in [-0.2, -0.15) is 0 Å². The van der Waals surface area contributed by atoms with E-state index in [1.54, 1.807) is 29.2 Å². The number of methoxy groups -OCH3 is 1. The third kappa shape index (κ3) is 7.45. The fourth-order valence-electron chi connectivity index (χ4n) is 4.74. The zero-order valence-electron chi connectivity index (χ0n) is 22.2. The average molecular weight is 530 g/mol. The minimum atomic E-state index is -0.745. The van der Waals surface area contributed by atoms with Gasteiger partial charge in [-0.05, 0) is 60.2 Å². The summed E-state index contributed by atoms with van der Waals surface area (Å²) in [4.78, 5) is 40.6. The minimum Gasteiger partial charge on any atom is -0.507 e. The Morgan fingerprint density at radius 3 is 2.44 bits per heavy atom. The van der Waals surface area contributed by atoms with Gasteiger partial charge in [0.25, 0.3) is 11.8 Å². The first-order chi connectivity index (χ1) is 19.0. The molecule has 4 bridgehead atoms. The largest absolute Gasteiger partial charge is 0.507 e. The van der Waals surface area contributed by atoms with Crippen molar-refractivity contribution in [3.05, 3.63) is 89.5 Å². The van der Waals surface area contributed by atoms with Crippen LogP contribution in [-0.2, 0) is 20.7 Å². The van der Waals surface area contributed by atoms with Crippen LogP contribution in [0, 0.1) is 0 Å². The highest BCUT2D eigenvalue weighted by molar-refractivity contribution is 5.95. The zero-order valence-corrected chi connectivity index (χ0v) is 22.2. The van der Waals surface area contributed by atoms with Gasteiger partial charge in [-0.3, -0.25) is 14.4 Å². The zero-order chi connectivity index (χ0) is 27.6. The predicted molar refractivity (Wildman–Crippen MR) is 149 cm³/mol. The van der Waals surface area contributed by atoms with Crippen LogP contribution in [0.5, 0.6) is 5.75 Å². The monoisotopic (exact) mass is 529 g/mol. The molecule has 0 aliphatic carbocycles. The van der Waals surface area contributed by atoms with Crippen molar-refractivity contribution >= 4 is 17.7 Å². The summed E-state index contributed by atoms with van der Waals surface area (Å²) in [5.41, 5.74) is 3.57. The summed E-state index contributed by atoms with van der Waals surface area (Å²) in [6.45, 7) is 1.63. The van der Waals surface area contributed by atoms with E-state index in [2.05, 4.69) is 10.6 Å². The van der Waals surface area contributed by atoms with Gasteiger partial charge in [0.05, 0.1) is 0 Å². The summed E-state index contributed by atoms with van der Waals surface area (Å²) < 4.78 is 5.56. The molecule has 0 saturated heterocycles. The molecule has 0 spiro atoms. The molecule has 0 saturated carbocycles. The molecule has 4 rings (SSSR count). The molecule has 39 heavy (non-hydrogen) atoms. The van der Waals surface area contributed by atoms with Crippen molar-refractivity contribution in [2.24, 2.45) is 0 Å². The Labute approximate surface area is 229 Å². The molecule has 8 heteroatoms. The van der Waals surface area contributed by atoms with Gasteiger partial charge in [-0.15, -0.1) is 0 Å². The van der Waals surface area contributed by atoms with Crippen LogP contribution in [0.3, 0.4) is 0 Å². The number of amides is 3. The molecule has 3 N–H and O–H groups in total. The van der Waals surface area contributed by atoms with Crippen molar-refractivity contribution in [3.8, 4) is 16.9 Å². The van der Waals surface area contributed by atoms with Crippen molar-refractivity contribution < 1.29 is 24.2 Å². The van der Waals surface area contributed by atoms with Gasteiger partial charge in [0, 0.05) is 50.8 Å². The van der Waals surface area contributed by atoms with Crippen LogP contribution >= 0.6 is 0 Å². The molecule has 1 aliphatic heterocycles. The number of aromatic hydroxyl groups is 1. The van der Waals surface area contributed by atoms with Gasteiger partial charge in [0.2, 0.25) is 5.91 Å². The van der Waals surface area contributed by atoms with Gasteiger partial charge in [-0.25, -0.2) is 0 Å². The van der Waals surface area contributed by atoms with E-state index in [9.17, 15) is 19.5 Å². The highest BCUT2D eigenvalue weighted by Crippen LogP contribution is 2.31. The average Bonchev–Trinajstić information content (AvgIpc) is 2.95. The minimum absolute atomic E-state index is 0.0781. The number of nitrogens with one attached hydrogen (secondary N) is 2. The number of hydrogen-bond acceptors (Lipinski definition) is 5. The molecule has 0 fully saturated rings. The van der Waals surface area contributed by atoms with Gasteiger partial charge in [0.1, 0.15) is 5.75 Å². The van der Waals surface area contributed by atoms with Crippen LogP contribution in [0.1, 0.15) is 46.9 Å². The van der Waals surface area contributed by atoms with E-state index in [-0.39, 0.29) is 29.9 Å². The lowest BCUT2D eigenvalue weighted by atomic mass is 9.98. The molecule has 1 atom stereocenters. The summed E-state index contributed by atoms with van der Waals surface area (Å²) >= 11 is 0. The van der Waals surface area contributed by atoms with E-state index in [4.69, 9.17) is 4.74 Å². The van der Waals surface area contributed by atoms with Crippen LogP contribution in [-0.4, -0.2) is 61.0 Å². The quantitative estimate of drug-likeness (QED) is 0.478. The summed E-state index contributed by atoms with van der Waals surface area (Å²) in [6.07, 6.45) is 1.18. The second-order valence-corrected chi connectivity index (χ2v) is 9.60. The maximum atomic E-state index is 13.5. The molecule has 204 valence electrons. The second kappa shape index (κ2) is 13.6. The molecule has 3 amide bonds. The van der Waals surface area contributed by atoms with Crippen LogP contribution in [0.2, 0.25) is 0 Å². The Morgan fingerprint density at radius 2 is 1.64 bits per heavy atom. The number of phenols is 1. The number of carbonyl (C=O) groups excluding carboxylic acids is 3. The number of fused-ring (bicyclic) bond motifs is 5. The predicted octanol–water partition coefficient (Wildman–Crippen LogP) is 3.85. The van der Waals surface area contributed by atoms with E-state index in [1.807, 2.05) is 48.5 Å². The van der Waals surface area contributed by atoms with Gasteiger partial charge in [-0.1, -0.05) is 48.5 Å². The number of benzene rings is 3. The van der Waals surface area contributed by atoms with Crippen LogP contribution in [0.15, 0.2) is 72.8 Å². The molecule has 1 aliphatic rings. The third-order valence-corrected chi connectivity index (χ3v) is 6.83. The standard InChI is InChI=1S/C31H35N3O5/c1-39-29(23-8-3-2-4-9-23)31(38)34-18-6-12-28(36)32-17-15-22-13-14-27(35)26(20-22)24-10-5-11-25(21-24)30(37)33-16-7-19-34/h2-5,8-11,13-14,20-21,29,35H,6-7,12,15-19H2,1H3,(H,32,36)(H,33,37). The van der Waals surface area contributed by atoms with Gasteiger partial charge < -0.3 is 25.4 Å². The van der Waals surface area contributed by atoms with Crippen molar-refractivity contribution in [1.82, 2.24) is 15.5 Å². The van der Waals surface area contributed by atoms with E-state index >= 15 is 0 Å². The highest BCUT2D eigenvalue weighted by Gasteiger charge is 2.25. The molecule has 0 radical (unpaired) electrons. The Bertz CT molecular complexity index is 1290. The van der Waals surface area contributed by atoms with E-state index in [0.717, 1.165) is 16.7 Å². The number of nitrogens with zero attached hydrogens (tertiary/aromatic N) is 1. The summed E-state index contributed by atoms with van der Waals surface area (Å²) in [7, 11) is 1.51. The first kappa shape index (κ1) is 27.9. The van der Waals surface area contributed by atoms with Crippen molar-refractivity contribution in [2.45, 2.75) is 31.8 Å². The third-order valence-electron chi connectivity index (χ3n) is 6.83. The summed E-state index contributed by atoms with van der Waals surface area (Å²) in [6, 6.07) is 21.8. The molecular weight excluding hydrogens is 494 g/mol. The lowest BCUT2D eigenvalue weighted by molar-refractivity contribution is -0.142.